The zero-order valence-corrected chi connectivity index (χ0v) is 14.1. The normalized spacial score (nSPS) is 17.3. The number of nitrogens with two attached hydrogens (primary N) is 1. The molecule has 0 bridgehead atoms. The second kappa shape index (κ2) is 7.15. The number of carbonyl (C=O) groups excluding carboxylic acids is 1. The van der Waals surface area contributed by atoms with Crippen molar-refractivity contribution in [3.63, 3.8) is 0 Å². The number of hydrogen-bond acceptors (Lipinski definition) is 3. The lowest BCUT2D eigenvalue weighted by Gasteiger charge is -2.26. The van der Waals surface area contributed by atoms with Crippen LogP contribution in [0.2, 0.25) is 0 Å². The number of hydrogen-bond donors (Lipinski definition) is 2. The molecule has 0 saturated heterocycles. The van der Waals surface area contributed by atoms with Gasteiger partial charge in [0.05, 0.1) is 17.3 Å². The molecule has 2 aromatic rings. The van der Waals surface area contributed by atoms with Crippen LogP contribution in [0.4, 0.5) is 0 Å². The smallest absolute Gasteiger partial charge is 0.240 e. The third-order valence-electron chi connectivity index (χ3n) is 4.45. The molecule has 3 rings (SSSR count). The van der Waals surface area contributed by atoms with Crippen LogP contribution in [0.3, 0.4) is 0 Å². The molecular weight excluding hydrogens is 312 g/mol. The van der Waals surface area contributed by atoms with Crippen molar-refractivity contribution in [2.75, 3.05) is 0 Å². The van der Waals surface area contributed by atoms with Crippen molar-refractivity contribution in [3.05, 3.63) is 48.3 Å². The minimum absolute atomic E-state index is 0. The van der Waals surface area contributed by atoms with Crippen molar-refractivity contribution >= 4 is 18.3 Å². The maximum atomic E-state index is 12.5. The summed E-state index contributed by atoms with van der Waals surface area (Å²) < 4.78 is 1.81. The molecule has 1 aliphatic carbocycles. The van der Waals surface area contributed by atoms with Crippen molar-refractivity contribution in [1.82, 2.24) is 15.1 Å². The monoisotopic (exact) mass is 334 g/mol. The number of rotatable bonds is 4. The first kappa shape index (κ1) is 17.5. The van der Waals surface area contributed by atoms with Gasteiger partial charge in [-0.3, -0.25) is 4.79 Å². The first-order valence-electron chi connectivity index (χ1n) is 7.79. The molecule has 3 N–H and O–H groups in total. The fourth-order valence-corrected chi connectivity index (χ4v) is 3.12. The predicted molar refractivity (Wildman–Crippen MR) is 92.8 cm³/mol. The van der Waals surface area contributed by atoms with E-state index < -0.39 is 5.54 Å². The second-order valence-corrected chi connectivity index (χ2v) is 6.07. The van der Waals surface area contributed by atoms with Crippen molar-refractivity contribution in [2.45, 2.75) is 44.2 Å². The molecule has 1 saturated carbocycles. The standard InChI is InChI=1S/C17H22N4O.ClH/c1-13(20-16(22)17(18)9-4-5-10-17)14-7-2-3-8-15(14)21-12-6-11-19-21;/h2-3,6-8,11-13H,4-5,9-10,18H2,1H3,(H,20,22);1H. The number of nitrogens with one attached hydrogen (secondary N) is 1. The van der Waals surface area contributed by atoms with E-state index in [0.717, 1.165) is 36.9 Å². The van der Waals surface area contributed by atoms with E-state index in [2.05, 4.69) is 10.4 Å². The molecule has 1 aliphatic rings. The molecule has 1 aromatic heterocycles. The van der Waals surface area contributed by atoms with Gasteiger partial charge in [0.25, 0.3) is 0 Å². The predicted octanol–water partition coefficient (Wildman–Crippen LogP) is 2.74. The molecule has 0 aliphatic heterocycles. The zero-order valence-electron chi connectivity index (χ0n) is 13.2. The van der Waals surface area contributed by atoms with Gasteiger partial charge in [0.15, 0.2) is 0 Å². The largest absolute Gasteiger partial charge is 0.348 e. The zero-order chi connectivity index (χ0) is 15.6. The second-order valence-electron chi connectivity index (χ2n) is 6.07. The summed E-state index contributed by atoms with van der Waals surface area (Å²) in [6, 6.07) is 9.72. The molecule has 1 aromatic carbocycles. The fourth-order valence-electron chi connectivity index (χ4n) is 3.12. The Morgan fingerprint density at radius 3 is 2.65 bits per heavy atom. The van der Waals surface area contributed by atoms with E-state index in [4.69, 9.17) is 5.73 Å². The van der Waals surface area contributed by atoms with Crippen LogP contribution in [-0.2, 0) is 4.79 Å². The number of aromatic nitrogens is 2. The van der Waals surface area contributed by atoms with E-state index in [-0.39, 0.29) is 24.4 Å². The maximum Gasteiger partial charge on any atom is 0.240 e. The molecule has 1 amide bonds. The first-order valence-corrected chi connectivity index (χ1v) is 7.79. The summed E-state index contributed by atoms with van der Waals surface area (Å²) in [6.07, 6.45) is 7.24. The Morgan fingerprint density at radius 2 is 2.00 bits per heavy atom. The van der Waals surface area contributed by atoms with Gasteiger partial charge in [-0.25, -0.2) is 4.68 Å². The average molecular weight is 335 g/mol. The van der Waals surface area contributed by atoms with Crippen LogP contribution in [0.15, 0.2) is 42.7 Å². The number of halogens is 1. The lowest BCUT2D eigenvalue weighted by Crippen LogP contribution is -2.52. The maximum absolute atomic E-state index is 12.5. The lowest BCUT2D eigenvalue weighted by atomic mass is 9.96. The van der Waals surface area contributed by atoms with Crippen LogP contribution >= 0.6 is 12.4 Å². The Labute approximate surface area is 142 Å². The molecule has 0 radical (unpaired) electrons. The molecular formula is C17H23ClN4O. The molecule has 1 atom stereocenters. The van der Waals surface area contributed by atoms with E-state index in [1.54, 1.807) is 6.20 Å². The Kier molecular flexibility index (Phi) is 5.44. The first-order chi connectivity index (χ1) is 10.6. The summed E-state index contributed by atoms with van der Waals surface area (Å²) in [7, 11) is 0. The van der Waals surface area contributed by atoms with Crippen molar-refractivity contribution in [1.29, 1.82) is 0 Å². The van der Waals surface area contributed by atoms with Gasteiger partial charge in [-0.15, -0.1) is 12.4 Å². The van der Waals surface area contributed by atoms with Gasteiger partial charge in [0, 0.05) is 12.4 Å². The third-order valence-corrected chi connectivity index (χ3v) is 4.45. The van der Waals surface area contributed by atoms with Crippen LogP contribution in [-0.4, -0.2) is 21.2 Å². The van der Waals surface area contributed by atoms with Crippen LogP contribution < -0.4 is 11.1 Å². The molecule has 0 spiro atoms. The molecule has 1 heterocycles. The average Bonchev–Trinajstić information content (AvgIpc) is 3.19. The number of amides is 1. The topological polar surface area (TPSA) is 72.9 Å². The van der Waals surface area contributed by atoms with Gasteiger partial charge < -0.3 is 11.1 Å². The lowest BCUT2D eigenvalue weighted by molar-refractivity contribution is -0.126. The Bertz CT molecular complexity index is 650. The van der Waals surface area contributed by atoms with Gasteiger partial charge in [-0.05, 0) is 37.5 Å². The summed E-state index contributed by atoms with van der Waals surface area (Å²) in [6.45, 7) is 1.98. The number of nitrogens with zero attached hydrogens (tertiary/aromatic N) is 2. The highest BCUT2D eigenvalue weighted by Crippen LogP contribution is 2.29. The Balaban J connectivity index is 0.00000192. The van der Waals surface area contributed by atoms with Crippen molar-refractivity contribution in [2.24, 2.45) is 5.73 Å². The number of carbonyl (C=O) groups is 1. The molecule has 23 heavy (non-hydrogen) atoms. The molecule has 124 valence electrons. The SMILES string of the molecule is CC(NC(=O)C1(N)CCCC1)c1ccccc1-n1cccn1.Cl. The van der Waals surface area contributed by atoms with E-state index >= 15 is 0 Å². The summed E-state index contributed by atoms with van der Waals surface area (Å²) >= 11 is 0. The third kappa shape index (κ3) is 3.57. The van der Waals surface area contributed by atoms with Gasteiger partial charge >= 0.3 is 0 Å². The highest BCUT2D eigenvalue weighted by molar-refractivity contribution is 5.86. The van der Waals surface area contributed by atoms with Gasteiger partial charge in [-0.1, -0.05) is 31.0 Å². The summed E-state index contributed by atoms with van der Waals surface area (Å²) in [5.74, 6) is -0.0484. The van der Waals surface area contributed by atoms with Crippen molar-refractivity contribution in [3.8, 4) is 5.69 Å². The molecule has 6 heteroatoms. The minimum atomic E-state index is -0.700. The van der Waals surface area contributed by atoms with Gasteiger partial charge in [0.2, 0.25) is 5.91 Å². The fraction of sp³-hybridized carbons (Fsp3) is 0.412. The van der Waals surface area contributed by atoms with E-state index in [1.165, 1.54) is 0 Å². The Morgan fingerprint density at radius 1 is 1.30 bits per heavy atom. The van der Waals surface area contributed by atoms with Gasteiger partial charge in [0.1, 0.15) is 0 Å². The molecule has 1 unspecified atom stereocenters. The molecule has 1 fully saturated rings. The summed E-state index contributed by atoms with van der Waals surface area (Å²) in [5, 5.41) is 7.35. The quantitative estimate of drug-likeness (QED) is 0.903. The summed E-state index contributed by atoms with van der Waals surface area (Å²) in [5.41, 5.74) is 7.53. The highest BCUT2D eigenvalue weighted by atomic mass is 35.5. The summed E-state index contributed by atoms with van der Waals surface area (Å²) in [4.78, 5) is 12.5. The van der Waals surface area contributed by atoms with Crippen LogP contribution in [0.25, 0.3) is 5.69 Å². The van der Waals surface area contributed by atoms with Crippen LogP contribution in [0.5, 0.6) is 0 Å². The van der Waals surface area contributed by atoms with Gasteiger partial charge in [-0.2, -0.15) is 5.10 Å². The van der Waals surface area contributed by atoms with E-state index in [1.807, 2.05) is 48.1 Å². The number of para-hydroxylation sites is 1. The van der Waals surface area contributed by atoms with E-state index in [0.29, 0.717) is 0 Å². The molecule has 5 nitrogen and oxygen atoms in total. The van der Waals surface area contributed by atoms with Crippen LogP contribution in [0, 0.1) is 0 Å². The van der Waals surface area contributed by atoms with Crippen molar-refractivity contribution < 1.29 is 4.79 Å². The van der Waals surface area contributed by atoms with Crippen LogP contribution in [0.1, 0.15) is 44.2 Å². The van der Waals surface area contributed by atoms with E-state index in [9.17, 15) is 4.79 Å². The minimum Gasteiger partial charge on any atom is -0.348 e. The Hall–Kier alpha value is -1.85. The number of benzene rings is 1. The highest BCUT2D eigenvalue weighted by Gasteiger charge is 2.37.